The van der Waals surface area contributed by atoms with Crippen LogP contribution in [0, 0.1) is 24.1 Å². The summed E-state index contributed by atoms with van der Waals surface area (Å²) in [5.41, 5.74) is 7.34. The van der Waals surface area contributed by atoms with Gasteiger partial charge in [-0.1, -0.05) is 24.3 Å². The molecule has 33 heavy (non-hydrogen) atoms. The van der Waals surface area contributed by atoms with E-state index in [1.807, 2.05) is 12.1 Å². The number of hydrogen-bond donors (Lipinski definition) is 1. The van der Waals surface area contributed by atoms with Crippen molar-refractivity contribution in [1.82, 2.24) is 4.57 Å². The number of aryl methyl sites for hydroxylation is 1. The zero-order valence-corrected chi connectivity index (χ0v) is 18.4. The molecule has 2 N–H and O–H groups in total. The van der Waals surface area contributed by atoms with Crippen molar-refractivity contribution in [2.24, 2.45) is 5.73 Å². The third-order valence-corrected chi connectivity index (χ3v) is 5.69. The Kier molecular flexibility index (Phi) is 5.80. The molecule has 1 unspecified atom stereocenters. The van der Waals surface area contributed by atoms with Gasteiger partial charge >= 0.3 is 0 Å². The Morgan fingerprint density at radius 1 is 1.15 bits per heavy atom. The summed E-state index contributed by atoms with van der Waals surface area (Å²) in [4.78, 5) is 13.7. The summed E-state index contributed by atoms with van der Waals surface area (Å²) in [6.07, 6.45) is 0. The molecule has 0 radical (unpaired) electrons. The molecule has 1 aliphatic heterocycles. The lowest BCUT2D eigenvalue weighted by atomic mass is 9.83. The largest absolute Gasteiger partial charge is 0.493 e. The minimum absolute atomic E-state index is 0.00813. The highest BCUT2D eigenvalue weighted by Gasteiger charge is 2.35. The second-order valence-electron chi connectivity index (χ2n) is 7.59. The molecule has 8 heteroatoms. The van der Waals surface area contributed by atoms with E-state index >= 15 is 0 Å². The topological polar surface area (TPSA) is 99.5 Å². The Morgan fingerprint density at radius 3 is 2.55 bits per heavy atom. The van der Waals surface area contributed by atoms with Crippen LogP contribution in [-0.4, -0.2) is 18.8 Å². The Balaban J connectivity index is 1.89. The van der Waals surface area contributed by atoms with Crippen molar-refractivity contribution in [3.05, 3.63) is 98.5 Å². The number of pyridine rings is 1. The summed E-state index contributed by atoms with van der Waals surface area (Å²) in [5, 5.41) is 9.74. The maximum Gasteiger partial charge on any atom is 0.259 e. The number of methoxy groups -OCH3 is 2. The molecule has 4 rings (SSSR count). The summed E-state index contributed by atoms with van der Waals surface area (Å²) in [6.45, 7) is 1.99. The number of nitrogens with two attached hydrogens (primary N) is 1. The van der Waals surface area contributed by atoms with Crippen molar-refractivity contribution >= 4 is 0 Å². The van der Waals surface area contributed by atoms with Crippen LogP contribution in [-0.2, 0) is 6.54 Å². The third-order valence-electron chi connectivity index (χ3n) is 5.69. The second kappa shape index (κ2) is 8.71. The fraction of sp³-hybridized carbons (Fsp3) is 0.200. The number of hydrogen-bond acceptors (Lipinski definition) is 6. The normalized spacial score (nSPS) is 14.8. The first-order valence-electron chi connectivity index (χ1n) is 10.2. The molecule has 3 aromatic rings. The SMILES string of the molecule is COc1ccc(Cn2c(C)cc3c(c2=O)C(c2ccccc2F)C(C#N)=C(N)O3)cc1OC. The number of allylic oxidation sites excluding steroid dienone is 1. The van der Waals surface area contributed by atoms with Gasteiger partial charge in [0.1, 0.15) is 23.2 Å². The lowest BCUT2D eigenvalue weighted by molar-refractivity contribution is 0.354. The van der Waals surface area contributed by atoms with Crippen LogP contribution < -0.4 is 25.5 Å². The number of halogens is 1. The van der Waals surface area contributed by atoms with Crippen LogP contribution in [0.2, 0.25) is 0 Å². The van der Waals surface area contributed by atoms with E-state index in [-0.39, 0.29) is 34.9 Å². The first-order chi connectivity index (χ1) is 15.9. The van der Waals surface area contributed by atoms with Gasteiger partial charge in [-0.2, -0.15) is 5.26 Å². The predicted molar refractivity (Wildman–Crippen MR) is 120 cm³/mol. The zero-order valence-electron chi connectivity index (χ0n) is 18.4. The highest BCUT2D eigenvalue weighted by Crippen LogP contribution is 2.41. The van der Waals surface area contributed by atoms with Crippen LogP contribution >= 0.6 is 0 Å². The summed E-state index contributed by atoms with van der Waals surface area (Å²) in [6, 6.07) is 15.1. The van der Waals surface area contributed by atoms with Gasteiger partial charge in [0.05, 0.1) is 32.2 Å². The maximum atomic E-state index is 14.8. The van der Waals surface area contributed by atoms with Gasteiger partial charge in [-0.3, -0.25) is 4.79 Å². The molecule has 0 aliphatic carbocycles. The third kappa shape index (κ3) is 3.78. The van der Waals surface area contributed by atoms with Gasteiger partial charge in [0.15, 0.2) is 11.5 Å². The Hall–Kier alpha value is -4.25. The van der Waals surface area contributed by atoms with E-state index in [1.165, 1.54) is 19.2 Å². The van der Waals surface area contributed by atoms with Crippen LogP contribution in [0.15, 0.2) is 64.8 Å². The molecule has 0 bridgehead atoms. The molecule has 2 aromatic carbocycles. The number of fused-ring (bicyclic) bond motifs is 1. The first-order valence-corrected chi connectivity index (χ1v) is 10.2. The van der Waals surface area contributed by atoms with E-state index in [0.717, 1.165) is 5.56 Å². The molecule has 0 spiro atoms. The highest BCUT2D eigenvalue weighted by molar-refractivity contribution is 5.55. The van der Waals surface area contributed by atoms with Gasteiger partial charge in [0.25, 0.3) is 5.56 Å². The monoisotopic (exact) mass is 447 g/mol. The summed E-state index contributed by atoms with van der Waals surface area (Å²) in [5.74, 6) is -0.343. The molecule has 0 amide bonds. The van der Waals surface area contributed by atoms with Crippen LogP contribution in [0.25, 0.3) is 0 Å². The molecular formula is C25H22FN3O4. The van der Waals surface area contributed by atoms with Crippen molar-refractivity contribution in [2.75, 3.05) is 14.2 Å². The fourth-order valence-corrected chi connectivity index (χ4v) is 4.06. The molecule has 7 nitrogen and oxygen atoms in total. The Morgan fingerprint density at radius 2 is 1.88 bits per heavy atom. The average molecular weight is 447 g/mol. The summed E-state index contributed by atoms with van der Waals surface area (Å²) < 4.78 is 32.6. The molecular weight excluding hydrogens is 425 g/mol. The molecule has 0 fully saturated rings. The lowest BCUT2D eigenvalue weighted by Gasteiger charge is -2.27. The molecule has 0 saturated heterocycles. The van der Waals surface area contributed by atoms with Gasteiger partial charge in [-0.15, -0.1) is 0 Å². The van der Waals surface area contributed by atoms with Crippen LogP contribution in [0.4, 0.5) is 4.39 Å². The highest BCUT2D eigenvalue weighted by atomic mass is 19.1. The van der Waals surface area contributed by atoms with E-state index in [9.17, 15) is 14.4 Å². The van der Waals surface area contributed by atoms with Gasteiger partial charge in [0, 0.05) is 17.3 Å². The average Bonchev–Trinajstić information content (AvgIpc) is 2.81. The number of ether oxygens (including phenoxy) is 3. The first kappa shape index (κ1) is 22.0. The smallest absolute Gasteiger partial charge is 0.259 e. The second-order valence-corrected chi connectivity index (χ2v) is 7.59. The lowest BCUT2D eigenvalue weighted by Crippen LogP contribution is -2.33. The predicted octanol–water partition coefficient (Wildman–Crippen LogP) is 3.58. The zero-order chi connectivity index (χ0) is 23.7. The molecule has 1 aromatic heterocycles. The molecule has 1 atom stereocenters. The minimum atomic E-state index is -0.982. The Bertz CT molecular complexity index is 1370. The molecule has 0 saturated carbocycles. The van der Waals surface area contributed by atoms with Crippen LogP contribution in [0.3, 0.4) is 0 Å². The molecule has 2 heterocycles. The van der Waals surface area contributed by atoms with Gasteiger partial charge in [-0.05, 0) is 30.7 Å². The number of nitrogens with zero attached hydrogens (tertiary/aromatic N) is 2. The van der Waals surface area contributed by atoms with E-state index < -0.39 is 17.3 Å². The van der Waals surface area contributed by atoms with Crippen molar-refractivity contribution < 1.29 is 18.6 Å². The van der Waals surface area contributed by atoms with Gasteiger partial charge in [-0.25, -0.2) is 4.39 Å². The molecule has 1 aliphatic rings. The van der Waals surface area contributed by atoms with Crippen molar-refractivity contribution in [2.45, 2.75) is 19.4 Å². The van der Waals surface area contributed by atoms with Gasteiger partial charge in [0.2, 0.25) is 5.88 Å². The van der Waals surface area contributed by atoms with Crippen molar-refractivity contribution in [3.63, 3.8) is 0 Å². The van der Waals surface area contributed by atoms with Crippen LogP contribution in [0.5, 0.6) is 17.2 Å². The van der Waals surface area contributed by atoms with Gasteiger partial charge < -0.3 is 24.5 Å². The van der Waals surface area contributed by atoms with E-state index in [0.29, 0.717) is 17.2 Å². The number of aromatic nitrogens is 1. The summed E-state index contributed by atoms with van der Waals surface area (Å²) >= 11 is 0. The minimum Gasteiger partial charge on any atom is -0.493 e. The maximum absolute atomic E-state index is 14.8. The molecule has 168 valence electrons. The van der Waals surface area contributed by atoms with Crippen molar-refractivity contribution in [3.8, 4) is 23.3 Å². The van der Waals surface area contributed by atoms with Crippen molar-refractivity contribution in [1.29, 1.82) is 5.26 Å². The number of nitriles is 1. The van der Waals surface area contributed by atoms with E-state index in [1.54, 1.807) is 48.9 Å². The Labute approximate surface area is 190 Å². The fourth-order valence-electron chi connectivity index (χ4n) is 4.06. The summed E-state index contributed by atoms with van der Waals surface area (Å²) in [7, 11) is 3.08. The quantitative estimate of drug-likeness (QED) is 0.642. The number of rotatable bonds is 5. The van der Waals surface area contributed by atoms with E-state index in [4.69, 9.17) is 19.9 Å². The number of benzene rings is 2. The van der Waals surface area contributed by atoms with Crippen LogP contribution in [0.1, 0.15) is 28.3 Å². The standard InChI is InChI=1S/C25H22FN3O4/c1-14-10-21-23(22(17(12-27)24(28)33-21)16-6-4-5-7-18(16)26)25(30)29(14)13-15-8-9-19(31-2)20(11-15)32-3/h4-11,22H,13,28H2,1-3H3. The van der Waals surface area contributed by atoms with E-state index in [2.05, 4.69) is 0 Å².